The molecule has 2 aliphatic heterocycles. The van der Waals surface area contributed by atoms with E-state index in [1.165, 1.54) is 18.9 Å². The Morgan fingerprint density at radius 1 is 1.27 bits per heavy atom. The highest BCUT2D eigenvalue weighted by molar-refractivity contribution is 7.99. The Bertz CT molecular complexity index is 1050. The number of piperidine rings is 1. The van der Waals surface area contributed by atoms with Crippen molar-refractivity contribution in [2.45, 2.75) is 56.8 Å². The fourth-order valence-corrected chi connectivity index (χ4v) is 5.26. The fraction of sp³-hybridized carbons (Fsp3) is 0.650. The average Bonchev–Trinajstić information content (AvgIpc) is 3.32. The molecule has 0 aliphatic carbocycles. The summed E-state index contributed by atoms with van der Waals surface area (Å²) < 4.78 is 8.23. The van der Waals surface area contributed by atoms with E-state index >= 15 is 0 Å². The van der Waals surface area contributed by atoms with Crippen molar-refractivity contribution in [1.82, 2.24) is 24.2 Å². The van der Waals surface area contributed by atoms with Crippen LogP contribution < -0.4 is 5.56 Å². The molecule has 0 saturated carbocycles. The number of hydrogen-bond acceptors (Lipinski definition) is 7. The molecule has 2 aromatic rings. The topological polar surface area (TPSA) is 99.3 Å². The number of nitrogens with zero attached hydrogens (tertiary/aromatic N) is 5. The van der Waals surface area contributed by atoms with Crippen molar-refractivity contribution in [3.63, 3.8) is 0 Å². The summed E-state index contributed by atoms with van der Waals surface area (Å²) in [6.07, 6.45) is 3.05. The van der Waals surface area contributed by atoms with Crippen LogP contribution in [0.15, 0.2) is 16.1 Å². The summed E-state index contributed by atoms with van der Waals surface area (Å²) in [5.41, 5.74) is 0.163. The second kappa shape index (κ2) is 7.72. The van der Waals surface area contributed by atoms with Gasteiger partial charge in [0.2, 0.25) is 5.91 Å². The number of carbonyl (C=O) groups is 2. The highest BCUT2D eigenvalue weighted by Crippen LogP contribution is 2.34. The lowest BCUT2D eigenvalue weighted by Gasteiger charge is -2.31. The van der Waals surface area contributed by atoms with Gasteiger partial charge in [0, 0.05) is 25.3 Å². The number of fused-ring (bicyclic) bond motifs is 2. The molecule has 4 rings (SSSR count). The average molecular weight is 434 g/mol. The molecule has 1 atom stereocenters. The first-order chi connectivity index (χ1) is 14.2. The monoisotopic (exact) mass is 433 g/mol. The van der Waals surface area contributed by atoms with Gasteiger partial charge in [-0.15, -0.1) is 0 Å². The summed E-state index contributed by atoms with van der Waals surface area (Å²) in [5.74, 6) is 0.304. The third kappa shape index (κ3) is 3.61. The first-order valence-corrected chi connectivity index (χ1v) is 11.2. The number of hydrogen-bond donors (Lipinski definition) is 0. The number of rotatable bonds is 3. The summed E-state index contributed by atoms with van der Waals surface area (Å²) in [6, 6.07) is -0.224. The van der Waals surface area contributed by atoms with Crippen LogP contribution in [0.25, 0.3) is 11.0 Å². The lowest BCUT2D eigenvalue weighted by molar-refractivity contribution is -0.149. The van der Waals surface area contributed by atoms with Crippen LogP contribution >= 0.6 is 11.8 Å². The Labute approximate surface area is 178 Å². The van der Waals surface area contributed by atoms with Crippen LogP contribution in [0.4, 0.5) is 0 Å². The van der Waals surface area contributed by atoms with Crippen molar-refractivity contribution in [2.24, 2.45) is 5.92 Å². The van der Waals surface area contributed by atoms with Crippen LogP contribution in [-0.4, -0.2) is 62.1 Å². The summed E-state index contributed by atoms with van der Waals surface area (Å²) >= 11 is 1.50. The number of amides is 1. The van der Waals surface area contributed by atoms with E-state index in [0.29, 0.717) is 47.9 Å². The summed E-state index contributed by atoms with van der Waals surface area (Å²) in [7, 11) is 1.39. The standard InChI is InChI=1S/C20H27N5O4S/c1-20(2,3)25-16-14(10-21-25)17(27)24-13(11-30-19(24)22-16)9-15(26)23-7-5-12(6-8-23)18(28)29-4/h10,12-13H,5-9,11H2,1-4H3. The zero-order valence-corrected chi connectivity index (χ0v) is 18.6. The first kappa shape index (κ1) is 20.9. The van der Waals surface area contributed by atoms with Crippen LogP contribution in [0.5, 0.6) is 0 Å². The van der Waals surface area contributed by atoms with Crippen molar-refractivity contribution in [1.29, 1.82) is 0 Å². The highest BCUT2D eigenvalue weighted by Gasteiger charge is 2.33. The lowest BCUT2D eigenvalue weighted by Crippen LogP contribution is -2.41. The molecule has 1 fully saturated rings. The third-order valence-corrected chi connectivity index (χ3v) is 6.90. The van der Waals surface area contributed by atoms with Crippen LogP contribution in [0.1, 0.15) is 46.1 Å². The summed E-state index contributed by atoms with van der Waals surface area (Å²) in [5, 5.41) is 5.49. The number of thioether (sulfide) groups is 1. The maximum Gasteiger partial charge on any atom is 0.308 e. The molecule has 1 amide bonds. The van der Waals surface area contributed by atoms with Gasteiger partial charge in [0.05, 0.1) is 30.8 Å². The van der Waals surface area contributed by atoms with Crippen molar-refractivity contribution in [3.8, 4) is 0 Å². The van der Waals surface area contributed by atoms with Crippen molar-refractivity contribution in [2.75, 3.05) is 26.0 Å². The van der Waals surface area contributed by atoms with Crippen LogP contribution in [-0.2, 0) is 19.9 Å². The van der Waals surface area contributed by atoms with E-state index in [0.717, 1.165) is 0 Å². The van der Waals surface area contributed by atoms with Gasteiger partial charge in [-0.3, -0.25) is 19.0 Å². The van der Waals surface area contributed by atoms with Gasteiger partial charge in [-0.1, -0.05) is 11.8 Å². The lowest BCUT2D eigenvalue weighted by atomic mass is 9.96. The zero-order chi connectivity index (χ0) is 21.6. The maximum atomic E-state index is 13.2. The Kier molecular flexibility index (Phi) is 5.37. The van der Waals surface area contributed by atoms with E-state index in [-0.39, 0.29) is 41.4 Å². The van der Waals surface area contributed by atoms with Crippen molar-refractivity contribution in [3.05, 3.63) is 16.6 Å². The molecular formula is C20H27N5O4S. The van der Waals surface area contributed by atoms with Crippen molar-refractivity contribution < 1.29 is 14.3 Å². The Balaban J connectivity index is 1.52. The number of methoxy groups -OCH3 is 1. The van der Waals surface area contributed by atoms with E-state index < -0.39 is 0 Å². The molecular weight excluding hydrogens is 406 g/mol. The first-order valence-electron chi connectivity index (χ1n) is 10.2. The van der Waals surface area contributed by atoms with Gasteiger partial charge < -0.3 is 9.64 Å². The Hall–Kier alpha value is -2.36. The van der Waals surface area contributed by atoms with Gasteiger partial charge in [-0.05, 0) is 33.6 Å². The van der Waals surface area contributed by atoms with Crippen LogP contribution in [0.2, 0.25) is 0 Å². The number of aromatic nitrogens is 4. The summed E-state index contributed by atoms with van der Waals surface area (Å²) in [4.78, 5) is 44.2. The van der Waals surface area contributed by atoms with Gasteiger partial charge in [0.1, 0.15) is 5.39 Å². The Morgan fingerprint density at radius 2 is 1.97 bits per heavy atom. The number of ether oxygens (including phenoxy) is 1. The predicted octanol–water partition coefficient (Wildman–Crippen LogP) is 1.80. The molecule has 0 bridgehead atoms. The molecule has 2 aromatic heterocycles. The number of likely N-dealkylation sites (tertiary alicyclic amines) is 1. The highest BCUT2D eigenvalue weighted by atomic mass is 32.2. The third-order valence-electron chi connectivity index (χ3n) is 5.80. The van der Waals surface area contributed by atoms with E-state index in [2.05, 4.69) is 5.10 Å². The van der Waals surface area contributed by atoms with Crippen molar-refractivity contribution >= 4 is 34.7 Å². The molecule has 1 unspecified atom stereocenters. The zero-order valence-electron chi connectivity index (χ0n) is 17.8. The molecule has 9 nitrogen and oxygen atoms in total. The molecule has 0 aromatic carbocycles. The normalized spacial score (nSPS) is 19.9. The largest absolute Gasteiger partial charge is 0.469 e. The van der Waals surface area contributed by atoms with Gasteiger partial charge in [-0.2, -0.15) is 5.10 Å². The summed E-state index contributed by atoms with van der Waals surface area (Å²) in [6.45, 7) is 7.13. The molecule has 162 valence electrons. The predicted molar refractivity (Wildman–Crippen MR) is 112 cm³/mol. The maximum absolute atomic E-state index is 13.2. The smallest absolute Gasteiger partial charge is 0.308 e. The number of esters is 1. The minimum atomic E-state index is -0.283. The second-order valence-electron chi connectivity index (χ2n) is 8.88. The van der Waals surface area contributed by atoms with E-state index in [1.807, 2.05) is 20.8 Å². The van der Waals surface area contributed by atoms with Crippen LogP contribution in [0.3, 0.4) is 0 Å². The minimum Gasteiger partial charge on any atom is -0.469 e. The molecule has 2 aliphatic rings. The van der Waals surface area contributed by atoms with Crippen LogP contribution in [0, 0.1) is 5.92 Å². The van der Waals surface area contributed by atoms with Gasteiger partial charge in [0.15, 0.2) is 10.8 Å². The van der Waals surface area contributed by atoms with E-state index in [1.54, 1.807) is 20.3 Å². The van der Waals surface area contributed by atoms with Gasteiger partial charge in [0.25, 0.3) is 5.56 Å². The second-order valence-corrected chi connectivity index (χ2v) is 9.87. The molecule has 30 heavy (non-hydrogen) atoms. The SMILES string of the molecule is COC(=O)C1CCN(C(=O)CC2CSc3nc4c(cnn4C(C)(C)C)c(=O)n32)CC1. The fourth-order valence-electron chi connectivity index (χ4n) is 4.13. The molecule has 0 N–H and O–H groups in total. The molecule has 0 spiro atoms. The molecule has 1 saturated heterocycles. The van der Waals surface area contributed by atoms with Gasteiger partial charge in [-0.25, -0.2) is 9.67 Å². The molecule has 0 radical (unpaired) electrons. The quantitative estimate of drug-likeness (QED) is 0.537. The van der Waals surface area contributed by atoms with Gasteiger partial charge >= 0.3 is 5.97 Å². The minimum absolute atomic E-state index is 0.00847. The molecule has 10 heteroatoms. The van der Waals surface area contributed by atoms with E-state index in [9.17, 15) is 14.4 Å². The molecule has 4 heterocycles. The Morgan fingerprint density at radius 3 is 2.60 bits per heavy atom. The van der Waals surface area contributed by atoms with E-state index in [4.69, 9.17) is 9.72 Å². The number of carbonyl (C=O) groups excluding carboxylic acids is 2.